The van der Waals surface area contributed by atoms with Crippen LogP contribution in [0.1, 0.15) is 30.6 Å². The van der Waals surface area contributed by atoms with Gasteiger partial charge in [-0.05, 0) is 50.1 Å². The smallest absolute Gasteiger partial charge is 0.122 e. The minimum Gasteiger partial charge on any atom is -0.493 e. The quantitative estimate of drug-likeness (QED) is 0.815. The molecule has 0 aliphatic carbocycles. The largest absolute Gasteiger partial charge is 0.493 e. The van der Waals surface area contributed by atoms with Crippen LogP contribution >= 0.6 is 0 Å². The second-order valence-corrected chi connectivity index (χ2v) is 4.34. The average molecular weight is 221 g/mol. The zero-order valence-electron chi connectivity index (χ0n) is 9.86. The Morgan fingerprint density at radius 3 is 3.00 bits per heavy atom. The van der Waals surface area contributed by atoms with Gasteiger partial charge in [0.1, 0.15) is 5.75 Å². The minimum atomic E-state index is -0.461. The van der Waals surface area contributed by atoms with Crippen molar-refractivity contribution in [1.82, 2.24) is 5.32 Å². The molecule has 3 nitrogen and oxygen atoms in total. The summed E-state index contributed by atoms with van der Waals surface area (Å²) >= 11 is 0. The van der Waals surface area contributed by atoms with E-state index in [2.05, 4.69) is 11.4 Å². The van der Waals surface area contributed by atoms with Gasteiger partial charge in [0.25, 0.3) is 0 Å². The van der Waals surface area contributed by atoms with E-state index in [0.717, 1.165) is 30.8 Å². The number of nitrogens with one attached hydrogen (secondary N) is 1. The molecule has 0 bridgehead atoms. The van der Waals surface area contributed by atoms with E-state index in [9.17, 15) is 5.11 Å². The molecule has 0 aromatic heterocycles. The second kappa shape index (κ2) is 4.85. The van der Waals surface area contributed by atoms with Crippen LogP contribution in [0.25, 0.3) is 0 Å². The first-order chi connectivity index (χ1) is 7.72. The highest BCUT2D eigenvalue weighted by molar-refractivity contribution is 5.39. The van der Waals surface area contributed by atoms with Gasteiger partial charge in [-0.25, -0.2) is 0 Å². The van der Waals surface area contributed by atoms with Gasteiger partial charge in [0.2, 0.25) is 0 Å². The van der Waals surface area contributed by atoms with Gasteiger partial charge in [-0.2, -0.15) is 0 Å². The Labute approximate surface area is 96.4 Å². The Kier molecular flexibility index (Phi) is 3.46. The van der Waals surface area contributed by atoms with Gasteiger partial charge < -0.3 is 15.2 Å². The highest BCUT2D eigenvalue weighted by Crippen LogP contribution is 2.28. The third-order valence-electron chi connectivity index (χ3n) is 3.20. The lowest BCUT2D eigenvalue weighted by molar-refractivity contribution is 0.140. The summed E-state index contributed by atoms with van der Waals surface area (Å²) in [5, 5.41) is 13.1. The van der Waals surface area contributed by atoms with Gasteiger partial charge in [-0.3, -0.25) is 0 Å². The van der Waals surface area contributed by atoms with E-state index >= 15 is 0 Å². The van der Waals surface area contributed by atoms with Gasteiger partial charge in [-0.1, -0.05) is 6.07 Å². The maximum absolute atomic E-state index is 10.1. The molecule has 2 N–H and O–H groups in total. The maximum atomic E-state index is 10.1. The number of ether oxygens (including phenoxy) is 1. The highest BCUT2D eigenvalue weighted by atomic mass is 16.5. The molecule has 0 amide bonds. The number of hydrogen-bond acceptors (Lipinski definition) is 3. The Hall–Kier alpha value is -1.06. The summed E-state index contributed by atoms with van der Waals surface area (Å²) in [6, 6.07) is 6.04. The lowest BCUT2D eigenvalue weighted by atomic mass is 9.98. The molecule has 88 valence electrons. The first kappa shape index (κ1) is 11.4. The minimum absolute atomic E-state index is 0.0579. The molecule has 2 rings (SSSR count). The predicted molar refractivity (Wildman–Crippen MR) is 63.7 cm³/mol. The summed E-state index contributed by atoms with van der Waals surface area (Å²) < 4.78 is 5.55. The third kappa shape index (κ3) is 2.20. The molecule has 1 heterocycles. The lowest BCUT2D eigenvalue weighted by Gasteiger charge is -2.22. The van der Waals surface area contributed by atoms with Gasteiger partial charge in [0.05, 0.1) is 12.7 Å². The Morgan fingerprint density at radius 2 is 2.25 bits per heavy atom. The number of hydrogen-bond donors (Lipinski definition) is 2. The topological polar surface area (TPSA) is 41.5 Å². The maximum Gasteiger partial charge on any atom is 0.122 e. The van der Waals surface area contributed by atoms with Crippen LogP contribution in [0.3, 0.4) is 0 Å². The number of benzene rings is 1. The molecule has 16 heavy (non-hydrogen) atoms. The molecule has 1 aliphatic rings. The fourth-order valence-corrected chi connectivity index (χ4v) is 2.01. The molecule has 0 fully saturated rings. The molecule has 0 unspecified atom stereocenters. The SMILES string of the molecule is CN[C@H](C)[C@@H](O)c1ccc2c(c1)CCCO2. The van der Waals surface area contributed by atoms with Crippen molar-refractivity contribution in [3.05, 3.63) is 29.3 Å². The average Bonchev–Trinajstić information content (AvgIpc) is 2.36. The van der Waals surface area contributed by atoms with Crippen molar-refractivity contribution in [1.29, 1.82) is 0 Å². The molecule has 0 radical (unpaired) electrons. The number of likely N-dealkylation sites (N-methyl/N-ethyl adjacent to an activating group) is 1. The molecule has 0 spiro atoms. The summed E-state index contributed by atoms with van der Waals surface area (Å²) in [7, 11) is 1.86. The molecule has 1 aromatic rings. The van der Waals surface area contributed by atoms with Crippen LogP contribution in [0.5, 0.6) is 5.75 Å². The van der Waals surface area contributed by atoms with Crippen LogP contribution in [-0.4, -0.2) is 24.8 Å². The highest BCUT2D eigenvalue weighted by Gasteiger charge is 2.17. The Balaban J connectivity index is 2.22. The molecule has 1 aliphatic heterocycles. The first-order valence-electron chi connectivity index (χ1n) is 5.83. The van der Waals surface area contributed by atoms with Crippen LogP contribution < -0.4 is 10.1 Å². The zero-order valence-corrected chi connectivity index (χ0v) is 9.86. The normalized spacial score (nSPS) is 18.4. The predicted octanol–water partition coefficient (Wildman–Crippen LogP) is 1.65. The van der Waals surface area contributed by atoms with Crippen LogP contribution in [0.4, 0.5) is 0 Å². The Bertz CT molecular complexity index is 365. The van der Waals surface area contributed by atoms with E-state index in [1.807, 2.05) is 26.1 Å². The third-order valence-corrected chi connectivity index (χ3v) is 3.20. The summed E-state index contributed by atoms with van der Waals surface area (Å²) in [6.45, 7) is 2.78. The van der Waals surface area contributed by atoms with Gasteiger partial charge >= 0.3 is 0 Å². The van der Waals surface area contributed by atoms with Crippen LogP contribution in [0.15, 0.2) is 18.2 Å². The summed E-state index contributed by atoms with van der Waals surface area (Å²) in [6.07, 6.45) is 1.65. The molecular weight excluding hydrogens is 202 g/mol. The van der Waals surface area contributed by atoms with Crippen LogP contribution in [0.2, 0.25) is 0 Å². The summed E-state index contributed by atoms with van der Waals surface area (Å²) in [5.41, 5.74) is 2.18. The first-order valence-corrected chi connectivity index (χ1v) is 5.83. The van der Waals surface area contributed by atoms with Crippen molar-refractivity contribution in [3.63, 3.8) is 0 Å². The van der Waals surface area contributed by atoms with Crippen molar-refractivity contribution in [2.75, 3.05) is 13.7 Å². The second-order valence-electron chi connectivity index (χ2n) is 4.34. The molecule has 1 aromatic carbocycles. The zero-order chi connectivity index (χ0) is 11.5. The number of fused-ring (bicyclic) bond motifs is 1. The number of aryl methyl sites for hydroxylation is 1. The van der Waals surface area contributed by atoms with E-state index in [-0.39, 0.29) is 6.04 Å². The van der Waals surface area contributed by atoms with E-state index in [1.165, 1.54) is 5.56 Å². The standard InChI is InChI=1S/C13H19NO2/c1-9(14-2)13(15)11-5-6-12-10(8-11)4-3-7-16-12/h5-6,8-9,13-15H,3-4,7H2,1-2H3/t9-,13-/m1/s1. The number of rotatable bonds is 3. The van der Waals surface area contributed by atoms with Gasteiger partial charge in [-0.15, -0.1) is 0 Å². The molecule has 2 atom stereocenters. The fourth-order valence-electron chi connectivity index (χ4n) is 2.01. The van der Waals surface area contributed by atoms with E-state index < -0.39 is 6.10 Å². The summed E-state index contributed by atoms with van der Waals surface area (Å²) in [4.78, 5) is 0. The Morgan fingerprint density at radius 1 is 1.44 bits per heavy atom. The van der Waals surface area contributed by atoms with Crippen molar-refractivity contribution in [3.8, 4) is 5.75 Å². The number of aliphatic hydroxyl groups excluding tert-OH is 1. The van der Waals surface area contributed by atoms with Crippen molar-refractivity contribution in [2.24, 2.45) is 0 Å². The van der Waals surface area contributed by atoms with Gasteiger partial charge in [0, 0.05) is 6.04 Å². The summed E-state index contributed by atoms with van der Waals surface area (Å²) in [5.74, 6) is 0.972. The van der Waals surface area contributed by atoms with Crippen molar-refractivity contribution >= 4 is 0 Å². The van der Waals surface area contributed by atoms with E-state index in [1.54, 1.807) is 0 Å². The number of aliphatic hydroxyl groups is 1. The monoisotopic (exact) mass is 221 g/mol. The van der Waals surface area contributed by atoms with Crippen molar-refractivity contribution < 1.29 is 9.84 Å². The lowest BCUT2D eigenvalue weighted by Crippen LogP contribution is -2.28. The van der Waals surface area contributed by atoms with E-state index in [0.29, 0.717) is 0 Å². The van der Waals surface area contributed by atoms with Crippen LogP contribution in [-0.2, 0) is 6.42 Å². The van der Waals surface area contributed by atoms with Gasteiger partial charge in [0.15, 0.2) is 0 Å². The van der Waals surface area contributed by atoms with E-state index in [4.69, 9.17) is 4.74 Å². The molecule has 3 heteroatoms. The molecular formula is C13H19NO2. The van der Waals surface area contributed by atoms with Crippen molar-refractivity contribution in [2.45, 2.75) is 31.9 Å². The fraction of sp³-hybridized carbons (Fsp3) is 0.538. The molecule has 0 saturated heterocycles. The molecule has 0 saturated carbocycles. The van der Waals surface area contributed by atoms with Crippen LogP contribution in [0, 0.1) is 0 Å².